The van der Waals surface area contributed by atoms with Crippen molar-refractivity contribution in [2.75, 3.05) is 18.8 Å². The summed E-state index contributed by atoms with van der Waals surface area (Å²) in [7, 11) is -3.51. The van der Waals surface area contributed by atoms with E-state index in [0.29, 0.717) is 13.1 Å². The molecule has 0 atom stereocenters. The van der Waals surface area contributed by atoms with Crippen molar-refractivity contribution in [1.82, 2.24) is 4.31 Å². The molecule has 0 amide bonds. The van der Waals surface area contributed by atoms with E-state index in [1.165, 1.54) is 16.4 Å². The van der Waals surface area contributed by atoms with Gasteiger partial charge in [-0.3, -0.25) is 0 Å². The molecule has 1 heterocycles. The van der Waals surface area contributed by atoms with Crippen molar-refractivity contribution in [3.05, 3.63) is 24.0 Å². The van der Waals surface area contributed by atoms with Gasteiger partial charge in [0.15, 0.2) is 0 Å². The van der Waals surface area contributed by atoms with Crippen molar-refractivity contribution in [3.63, 3.8) is 0 Å². The van der Waals surface area contributed by atoms with Crippen LogP contribution >= 0.6 is 0 Å². The maximum atomic E-state index is 13.0. The van der Waals surface area contributed by atoms with Gasteiger partial charge in [-0.1, -0.05) is 6.42 Å². The van der Waals surface area contributed by atoms with Crippen LogP contribution in [0.4, 0.5) is 10.1 Å². The number of nitrogens with zero attached hydrogens (tertiary/aromatic N) is 1. The van der Waals surface area contributed by atoms with Crippen molar-refractivity contribution in [3.8, 4) is 0 Å². The summed E-state index contributed by atoms with van der Waals surface area (Å²) in [6.07, 6.45) is 2.80. The van der Waals surface area contributed by atoms with Gasteiger partial charge >= 0.3 is 0 Å². The molecular formula is C11H15FN2O2S. The summed E-state index contributed by atoms with van der Waals surface area (Å²) >= 11 is 0. The molecule has 2 N–H and O–H groups in total. The summed E-state index contributed by atoms with van der Waals surface area (Å²) in [5, 5.41) is 0. The van der Waals surface area contributed by atoms with Gasteiger partial charge < -0.3 is 5.73 Å². The first-order chi connectivity index (χ1) is 8.01. The van der Waals surface area contributed by atoms with Crippen LogP contribution < -0.4 is 5.73 Å². The Bertz CT molecular complexity index is 510. The predicted molar refractivity (Wildman–Crippen MR) is 63.4 cm³/mol. The Balaban J connectivity index is 2.33. The average molecular weight is 258 g/mol. The maximum Gasteiger partial charge on any atom is 0.243 e. The molecule has 0 spiro atoms. The third kappa shape index (κ3) is 2.42. The zero-order chi connectivity index (χ0) is 12.5. The number of hydrogen-bond acceptors (Lipinski definition) is 3. The van der Waals surface area contributed by atoms with Crippen LogP contribution in [0.3, 0.4) is 0 Å². The molecule has 2 rings (SSSR count). The van der Waals surface area contributed by atoms with Gasteiger partial charge in [-0.2, -0.15) is 4.31 Å². The van der Waals surface area contributed by atoms with Crippen molar-refractivity contribution >= 4 is 15.7 Å². The molecule has 0 bridgehead atoms. The van der Waals surface area contributed by atoms with E-state index in [-0.39, 0.29) is 10.6 Å². The van der Waals surface area contributed by atoms with Gasteiger partial charge in [-0.05, 0) is 31.0 Å². The fraction of sp³-hybridized carbons (Fsp3) is 0.455. The minimum absolute atomic E-state index is 0.0679. The second-order valence-electron chi connectivity index (χ2n) is 4.15. The van der Waals surface area contributed by atoms with Crippen LogP contribution in [0.2, 0.25) is 0 Å². The van der Waals surface area contributed by atoms with Crippen LogP contribution in [0.1, 0.15) is 19.3 Å². The van der Waals surface area contributed by atoms with E-state index in [0.717, 1.165) is 25.3 Å². The van der Waals surface area contributed by atoms with Crippen LogP contribution in [0, 0.1) is 5.82 Å². The smallest absolute Gasteiger partial charge is 0.243 e. The molecule has 94 valence electrons. The van der Waals surface area contributed by atoms with E-state index in [4.69, 9.17) is 5.73 Å². The molecule has 1 aromatic rings. The summed E-state index contributed by atoms with van der Waals surface area (Å²) in [5.41, 5.74) is 5.25. The Morgan fingerprint density at radius 1 is 1.18 bits per heavy atom. The fourth-order valence-corrected chi connectivity index (χ4v) is 3.49. The molecule has 1 aliphatic heterocycles. The Labute approximate surface area is 100 Å². The molecule has 17 heavy (non-hydrogen) atoms. The monoisotopic (exact) mass is 258 g/mol. The van der Waals surface area contributed by atoms with Gasteiger partial charge in [0.25, 0.3) is 0 Å². The quantitative estimate of drug-likeness (QED) is 0.819. The van der Waals surface area contributed by atoms with E-state index in [2.05, 4.69) is 0 Å². The van der Waals surface area contributed by atoms with E-state index >= 15 is 0 Å². The highest BCUT2D eigenvalue weighted by Gasteiger charge is 2.26. The third-order valence-electron chi connectivity index (χ3n) is 2.92. The highest BCUT2D eigenvalue weighted by atomic mass is 32.2. The summed E-state index contributed by atoms with van der Waals surface area (Å²) < 4.78 is 38.8. The normalized spacial score (nSPS) is 18.2. The summed E-state index contributed by atoms with van der Waals surface area (Å²) in [6, 6.07) is 3.53. The molecule has 0 radical (unpaired) electrons. The van der Waals surface area contributed by atoms with Crippen molar-refractivity contribution in [1.29, 1.82) is 0 Å². The lowest BCUT2D eigenvalue weighted by Gasteiger charge is -2.25. The third-order valence-corrected chi connectivity index (χ3v) is 4.81. The number of nitrogen functional groups attached to an aromatic ring is 1. The number of halogens is 1. The van der Waals surface area contributed by atoms with Gasteiger partial charge in [0.1, 0.15) is 5.82 Å². The molecule has 0 aliphatic carbocycles. The Morgan fingerprint density at radius 2 is 1.82 bits per heavy atom. The Hall–Kier alpha value is -1.14. The Morgan fingerprint density at radius 3 is 2.41 bits per heavy atom. The standard InChI is InChI=1S/C11H15FN2O2S/c12-10-5-4-9(8-11(10)13)17(15,16)14-6-2-1-3-7-14/h4-5,8H,1-3,6-7,13H2. The minimum atomic E-state index is -3.51. The van der Waals surface area contributed by atoms with E-state index in [1.54, 1.807) is 0 Å². The van der Waals surface area contributed by atoms with Gasteiger partial charge in [0, 0.05) is 13.1 Å². The van der Waals surface area contributed by atoms with Gasteiger partial charge in [0.05, 0.1) is 10.6 Å². The highest BCUT2D eigenvalue weighted by Crippen LogP contribution is 2.23. The molecule has 1 aromatic carbocycles. The molecule has 0 saturated carbocycles. The van der Waals surface area contributed by atoms with Crippen LogP contribution in [0.5, 0.6) is 0 Å². The van der Waals surface area contributed by atoms with Crippen LogP contribution in [-0.4, -0.2) is 25.8 Å². The molecular weight excluding hydrogens is 243 g/mol. The van der Waals surface area contributed by atoms with Crippen molar-refractivity contribution in [2.24, 2.45) is 0 Å². The fourth-order valence-electron chi connectivity index (χ4n) is 1.94. The predicted octanol–water partition coefficient (Wildman–Crippen LogP) is 1.58. The van der Waals surface area contributed by atoms with Crippen LogP contribution in [-0.2, 0) is 10.0 Å². The minimum Gasteiger partial charge on any atom is -0.396 e. The van der Waals surface area contributed by atoms with E-state index in [1.807, 2.05) is 0 Å². The second-order valence-corrected chi connectivity index (χ2v) is 6.09. The lowest BCUT2D eigenvalue weighted by Crippen LogP contribution is -2.35. The number of sulfonamides is 1. The van der Waals surface area contributed by atoms with Gasteiger partial charge in [-0.15, -0.1) is 0 Å². The summed E-state index contributed by atoms with van der Waals surface area (Å²) in [5.74, 6) is -0.595. The SMILES string of the molecule is Nc1cc(S(=O)(=O)N2CCCCC2)ccc1F. The van der Waals surface area contributed by atoms with E-state index < -0.39 is 15.8 Å². The molecule has 0 aromatic heterocycles. The van der Waals surface area contributed by atoms with Crippen LogP contribution in [0.15, 0.2) is 23.1 Å². The summed E-state index contributed by atoms with van der Waals surface area (Å²) in [6.45, 7) is 1.05. The van der Waals surface area contributed by atoms with Crippen molar-refractivity contribution < 1.29 is 12.8 Å². The molecule has 1 aliphatic rings. The van der Waals surface area contributed by atoms with E-state index in [9.17, 15) is 12.8 Å². The maximum absolute atomic E-state index is 13.0. The first kappa shape index (κ1) is 12.3. The number of hydrogen-bond donors (Lipinski definition) is 1. The highest BCUT2D eigenvalue weighted by molar-refractivity contribution is 7.89. The first-order valence-corrected chi connectivity index (χ1v) is 7.01. The summed E-state index contributed by atoms with van der Waals surface area (Å²) in [4.78, 5) is 0.0679. The lowest BCUT2D eigenvalue weighted by atomic mass is 10.2. The largest absolute Gasteiger partial charge is 0.396 e. The zero-order valence-electron chi connectivity index (χ0n) is 9.39. The van der Waals surface area contributed by atoms with Gasteiger partial charge in [-0.25, -0.2) is 12.8 Å². The molecule has 6 heteroatoms. The van der Waals surface area contributed by atoms with Crippen LogP contribution in [0.25, 0.3) is 0 Å². The molecule has 0 unspecified atom stereocenters. The average Bonchev–Trinajstić information content (AvgIpc) is 2.33. The van der Waals surface area contributed by atoms with Crippen molar-refractivity contribution in [2.45, 2.75) is 24.2 Å². The lowest BCUT2D eigenvalue weighted by molar-refractivity contribution is 0.346. The molecule has 4 nitrogen and oxygen atoms in total. The molecule has 1 fully saturated rings. The zero-order valence-corrected chi connectivity index (χ0v) is 10.2. The number of benzene rings is 1. The molecule has 1 saturated heterocycles. The Kier molecular flexibility index (Phi) is 3.35. The van der Waals surface area contributed by atoms with Gasteiger partial charge in [0.2, 0.25) is 10.0 Å². The number of rotatable bonds is 2. The number of piperidine rings is 1. The number of anilines is 1. The first-order valence-electron chi connectivity index (χ1n) is 5.57. The second kappa shape index (κ2) is 4.62. The number of nitrogens with two attached hydrogens (primary N) is 1. The topological polar surface area (TPSA) is 63.4 Å².